The molecule has 0 aliphatic heterocycles. The number of hydrogen-bond donors (Lipinski definition) is 1. The fourth-order valence-corrected chi connectivity index (χ4v) is 1.77. The number of likely N-dealkylation sites (N-methyl/N-ethyl adjacent to an activating group) is 2. The van der Waals surface area contributed by atoms with E-state index in [-0.39, 0.29) is 11.9 Å². The molecular weight excluding hydrogens is 246 g/mol. The predicted molar refractivity (Wildman–Crippen MR) is 78.9 cm³/mol. The van der Waals surface area contributed by atoms with Gasteiger partial charge in [0.2, 0.25) is 5.91 Å². The fraction of sp³-hybridized carbons (Fsp3) is 0.385. The van der Waals surface area contributed by atoms with Gasteiger partial charge in [-0.1, -0.05) is 24.4 Å². The van der Waals surface area contributed by atoms with Crippen molar-refractivity contribution in [2.45, 2.75) is 13.0 Å². The molecule has 0 spiro atoms. The summed E-state index contributed by atoms with van der Waals surface area (Å²) in [4.78, 5) is 15.8. The standard InChI is InChI=1S/C13H19N3OS/c1-9(13(17)15(2)3)16(4)11-7-5-6-10(8-11)12(14)18/h5-9H,1-4H3,(H2,14,18). The van der Waals surface area contributed by atoms with Crippen LogP contribution in [0.15, 0.2) is 24.3 Å². The summed E-state index contributed by atoms with van der Waals surface area (Å²) in [5.74, 6) is 0.0539. The van der Waals surface area contributed by atoms with Crippen LogP contribution in [0.3, 0.4) is 0 Å². The van der Waals surface area contributed by atoms with Gasteiger partial charge in [-0.3, -0.25) is 4.79 Å². The third-order valence-electron chi connectivity index (χ3n) is 2.92. The van der Waals surface area contributed by atoms with Crippen molar-refractivity contribution in [2.75, 3.05) is 26.0 Å². The molecule has 4 nitrogen and oxygen atoms in total. The molecule has 0 fully saturated rings. The zero-order valence-corrected chi connectivity index (χ0v) is 12.0. The number of hydrogen-bond acceptors (Lipinski definition) is 3. The van der Waals surface area contributed by atoms with Gasteiger partial charge in [0.1, 0.15) is 11.0 Å². The van der Waals surface area contributed by atoms with E-state index < -0.39 is 0 Å². The molecule has 0 aromatic heterocycles. The first-order valence-corrected chi connectivity index (χ1v) is 6.09. The van der Waals surface area contributed by atoms with Gasteiger partial charge in [0, 0.05) is 32.4 Å². The topological polar surface area (TPSA) is 49.6 Å². The van der Waals surface area contributed by atoms with E-state index in [1.54, 1.807) is 19.0 Å². The van der Waals surface area contributed by atoms with Gasteiger partial charge in [0.15, 0.2) is 0 Å². The van der Waals surface area contributed by atoms with Crippen molar-refractivity contribution in [2.24, 2.45) is 5.73 Å². The second-order valence-electron chi connectivity index (χ2n) is 4.43. The van der Waals surface area contributed by atoms with Crippen molar-refractivity contribution in [1.29, 1.82) is 0 Å². The number of benzene rings is 1. The first-order chi connectivity index (χ1) is 8.34. The summed E-state index contributed by atoms with van der Waals surface area (Å²) in [5, 5.41) is 0. The predicted octanol–water partition coefficient (Wildman–Crippen LogP) is 1.23. The number of carbonyl (C=O) groups is 1. The minimum Gasteiger partial charge on any atom is -0.389 e. The quantitative estimate of drug-likeness (QED) is 0.832. The van der Waals surface area contributed by atoms with E-state index in [1.165, 1.54) is 0 Å². The van der Waals surface area contributed by atoms with Gasteiger partial charge in [0.25, 0.3) is 0 Å². The molecule has 0 heterocycles. The summed E-state index contributed by atoms with van der Waals surface area (Å²) < 4.78 is 0. The third kappa shape index (κ3) is 3.20. The lowest BCUT2D eigenvalue weighted by atomic mass is 10.1. The molecule has 1 atom stereocenters. The fourth-order valence-electron chi connectivity index (χ4n) is 1.64. The summed E-state index contributed by atoms with van der Waals surface area (Å²) in [6.45, 7) is 1.87. The summed E-state index contributed by atoms with van der Waals surface area (Å²) in [5.41, 5.74) is 7.33. The van der Waals surface area contributed by atoms with E-state index in [2.05, 4.69) is 0 Å². The van der Waals surface area contributed by atoms with Gasteiger partial charge in [-0.25, -0.2) is 0 Å². The van der Waals surface area contributed by atoms with Crippen LogP contribution in [0.5, 0.6) is 0 Å². The molecule has 1 rings (SSSR count). The molecule has 2 N–H and O–H groups in total. The van der Waals surface area contributed by atoms with Crippen LogP contribution in [0.4, 0.5) is 5.69 Å². The van der Waals surface area contributed by atoms with E-state index in [0.717, 1.165) is 11.3 Å². The van der Waals surface area contributed by atoms with Crippen molar-refractivity contribution >= 4 is 28.8 Å². The van der Waals surface area contributed by atoms with Crippen molar-refractivity contribution in [3.63, 3.8) is 0 Å². The molecular formula is C13H19N3OS. The Kier molecular flexibility index (Phi) is 4.67. The summed E-state index contributed by atoms with van der Waals surface area (Å²) in [7, 11) is 5.38. The second-order valence-corrected chi connectivity index (χ2v) is 4.87. The Morgan fingerprint density at radius 2 is 1.94 bits per heavy atom. The molecule has 0 saturated heterocycles. The van der Waals surface area contributed by atoms with Gasteiger partial charge in [-0.15, -0.1) is 0 Å². The van der Waals surface area contributed by atoms with Gasteiger partial charge in [-0.05, 0) is 19.1 Å². The molecule has 0 aliphatic carbocycles. The molecule has 0 bridgehead atoms. The van der Waals surface area contributed by atoms with E-state index in [0.29, 0.717) is 4.99 Å². The first kappa shape index (κ1) is 14.4. The van der Waals surface area contributed by atoms with Crippen LogP contribution in [0.1, 0.15) is 12.5 Å². The van der Waals surface area contributed by atoms with Crippen molar-refractivity contribution < 1.29 is 4.79 Å². The maximum absolute atomic E-state index is 11.9. The van der Waals surface area contributed by atoms with Gasteiger partial charge in [-0.2, -0.15) is 0 Å². The zero-order chi connectivity index (χ0) is 13.9. The Morgan fingerprint density at radius 3 is 2.44 bits per heavy atom. The van der Waals surface area contributed by atoms with Crippen LogP contribution in [0.2, 0.25) is 0 Å². The van der Waals surface area contributed by atoms with Crippen LogP contribution in [0.25, 0.3) is 0 Å². The summed E-state index contributed by atoms with van der Waals surface area (Å²) >= 11 is 4.95. The summed E-state index contributed by atoms with van der Waals surface area (Å²) in [6, 6.07) is 7.33. The normalized spacial score (nSPS) is 11.8. The Labute approximate surface area is 113 Å². The van der Waals surface area contributed by atoms with E-state index in [4.69, 9.17) is 18.0 Å². The summed E-state index contributed by atoms with van der Waals surface area (Å²) in [6.07, 6.45) is 0. The number of rotatable bonds is 4. The lowest BCUT2D eigenvalue weighted by molar-refractivity contribution is -0.129. The highest BCUT2D eigenvalue weighted by Crippen LogP contribution is 2.17. The molecule has 18 heavy (non-hydrogen) atoms. The third-order valence-corrected chi connectivity index (χ3v) is 3.15. The number of thiocarbonyl (C=S) groups is 1. The largest absolute Gasteiger partial charge is 0.389 e. The minimum atomic E-state index is -0.235. The van der Waals surface area contributed by atoms with Crippen LogP contribution in [0, 0.1) is 0 Å². The molecule has 0 aliphatic rings. The second kappa shape index (κ2) is 5.82. The Bertz CT molecular complexity index is 459. The number of anilines is 1. The first-order valence-electron chi connectivity index (χ1n) is 5.68. The van der Waals surface area contributed by atoms with E-state index in [1.807, 2.05) is 43.1 Å². The molecule has 1 unspecified atom stereocenters. The Morgan fingerprint density at radius 1 is 1.33 bits per heavy atom. The maximum Gasteiger partial charge on any atom is 0.244 e. The van der Waals surface area contributed by atoms with Crippen LogP contribution in [-0.2, 0) is 4.79 Å². The molecule has 0 saturated carbocycles. The molecule has 1 aromatic carbocycles. The van der Waals surface area contributed by atoms with E-state index in [9.17, 15) is 4.79 Å². The minimum absolute atomic E-state index is 0.0539. The molecule has 98 valence electrons. The van der Waals surface area contributed by atoms with E-state index >= 15 is 0 Å². The SMILES string of the molecule is CC(C(=O)N(C)C)N(C)c1cccc(C(N)=S)c1. The van der Waals surface area contributed by atoms with Crippen molar-refractivity contribution in [3.05, 3.63) is 29.8 Å². The van der Waals surface area contributed by atoms with Gasteiger partial charge >= 0.3 is 0 Å². The molecule has 0 radical (unpaired) electrons. The number of amides is 1. The molecule has 1 amide bonds. The average molecular weight is 265 g/mol. The highest BCUT2D eigenvalue weighted by molar-refractivity contribution is 7.80. The lowest BCUT2D eigenvalue weighted by Crippen LogP contribution is -2.42. The Balaban J connectivity index is 2.96. The lowest BCUT2D eigenvalue weighted by Gasteiger charge is -2.28. The van der Waals surface area contributed by atoms with Crippen molar-refractivity contribution in [3.8, 4) is 0 Å². The Hall–Kier alpha value is -1.62. The van der Waals surface area contributed by atoms with Crippen LogP contribution in [-0.4, -0.2) is 43.0 Å². The molecule has 5 heteroatoms. The smallest absolute Gasteiger partial charge is 0.244 e. The van der Waals surface area contributed by atoms with Crippen LogP contribution < -0.4 is 10.6 Å². The number of carbonyl (C=O) groups excluding carboxylic acids is 1. The number of nitrogens with zero attached hydrogens (tertiary/aromatic N) is 2. The van der Waals surface area contributed by atoms with Crippen molar-refractivity contribution in [1.82, 2.24) is 4.90 Å². The van der Waals surface area contributed by atoms with Crippen LogP contribution >= 0.6 is 12.2 Å². The maximum atomic E-state index is 11.9. The van der Waals surface area contributed by atoms with Gasteiger partial charge in [0.05, 0.1) is 0 Å². The number of nitrogens with two attached hydrogens (primary N) is 1. The monoisotopic (exact) mass is 265 g/mol. The average Bonchev–Trinajstić information content (AvgIpc) is 2.36. The highest BCUT2D eigenvalue weighted by atomic mass is 32.1. The zero-order valence-electron chi connectivity index (χ0n) is 11.2. The molecule has 1 aromatic rings. The van der Waals surface area contributed by atoms with Gasteiger partial charge < -0.3 is 15.5 Å². The highest BCUT2D eigenvalue weighted by Gasteiger charge is 2.20.